The second-order valence-electron chi connectivity index (χ2n) is 10.9. The Morgan fingerprint density at radius 1 is 1.02 bits per heavy atom. The van der Waals surface area contributed by atoms with Crippen molar-refractivity contribution in [2.45, 2.75) is 12.8 Å². The number of piperazine rings is 1. The SMILES string of the molecule is CNC(=O)CCc1ccc(C(=Nc2ccc(N(C)C(=O)CN3CCN(C)CC3)cc2)c2c(O)[nH]c3cc(F)ccc23)cc1. The fraction of sp³-hybridized carbons (Fsp3) is 0.303. The molecule has 9 nitrogen and oxygen atoms in total. The average Bonchev–Trinajstić information content (AvgIpc) is 3.34. The van der Waals surface area contributed by atoms with E-state index in [9.17, 15) is 19.1 Å². The molecule has 43 heavy (non-hydrogen) atoms. The molecule has 3 aromatic carbocycles. The van der Waals surface area contributed by atoms with Crippen LogP contribution in [0.3, 0.4) is 0 Å². The maximum atomic E-state index is 14.0. The predicted octanol–water partition coefficient (Wildman–Crippen LogP) is 4.07. The zero-order valence-corrected chi connectivity index (χ0v) is 24.7. The van der Waals surface area contributed by atoms with Crippen molar-refractivity contribution in [2.75, 3.05) is 58.8 Å². The average molecular weight is 585 g/mol. The number of likely N-dealkylation sites (N-methyl/N-ethyl adjacent to an activating group) is 2. The number of H-pyrrole nitrogens is 1. The molecule has 1 aliphatic heterocycles. The number of halogens is 1. The van der Waals surface area contributed by atoms with Gasteiger partial charge >= 0.3 is 0 Å². The molecule has 0 spiro atoms. The molecule has 1 aromatic heterocycles. The van der Waals surface area contributed by atoms with Crippen LogP contribution in [0.4, 0.5) is 15.8 Å². The van der Waals surface area contributed by atoms with Crippen LogP contribution in [0.15, 0.2) is 71.7 Å². The Kier molecular flexibility index (Phi) is 9.18. The van der Waals surface area contributed by atoms with Crippen LogP contribution in [-0.2, 0) is 16.0 Å². The van der Waals surface area contributed by atoms with Crippen molar-refractivity contribution in [3.63, 3.8) is 0 Å². The summed E-state index contributed by atoms with van der Waals surface area (Å²) in [6.45, 7) is 4.01. The van der Waals surface area contributed by atoms with Gasteiger partial charge in [-0.25, -0.2) is 9.38 Å². The van der Waals surface area contributed by atoms with Gasteiger partial charge in [0.1, 0.15) is 5.82 Å². The van der Waals surface area contributed by atoms with E-state index in [1.807, 2.05) is 48.5 Å². The molecule has 0 unspecified atom stereocenters. The van der Waals surface area contributed by atoms with Gasteiger partial charge in [0.25, 0.3) is 0 Å². The molecular formula is C33H37FN6O3. The lowest BCUT2D eigenvalue weighted by Crippen LogP contribution is -2.48. The number of aromatic hydroxyl groups is 1. The summed E-state index contributed by atoms with van der Waals surface area (Å²) in [6.07, 6.45) is 0.969. The number of hydrogen-bond donors (Lipinski definition) is 3. The lowest BCUT2D eigenvalue weighted by Gasteiger charge is -2.32. The summed E-state index contributed by atoms with van der Waals surface area (Å²) >= 11 is 0. The fourth-order valence-electron chi connectivity index (χ4n) is 5.20. The number of anilines is 1. The number of hydrogen-bond acceptors (Lipinski definition) is 6. The van der Waals surface area contributed by atoms with Crippen molar-refractivity contribution in [1.29, 1.82) is 0 Å². The van der Waals surface area contributed by atoms with E-state index in [1.165, 1.54) is 12.1 Å². The van der Waals surface area contributed by atoms with E-state index in [1.54, 1.807) is 25.1 Å². The number of rotatable bonds is 9. The van der Waals surface area contributed by atoms with Crippen LogP contribution in [0.1, 0.15) is 23.1 Å². The highest BCUT2D eigenvalue weighted by Gasteiger charge is 2.21. The van der Waals surface area contributed by atoms with E-state index in [2.05, 4.69) is 27.1 Å². The fourth-order valence-corrected chi connectivity index (χ4v) is 5.20. The van der Waals surface area contributed by atoms with Gasteiger partial charge in [-0.2, -0.15) is 0 Å². The van der Waals surface area contributed by atoms with Crippen LogP contribution < -0.4 is 10.2 Å². The monoisotopic (exact) mass is 584 g/mol. The van der Waals surface area contributed by atoms with Gasteiger partial charge in [0, 0.05) is 63.3 Å². The van der Waals surface area contributed by atoms with Gasteiger partial charge in [-0.05, 0) is 61.5 Å². The van der Waals surface area contributed by atoms with Crippen LogP contribution in [0.25, 0.3) is 10.9 Å². The number of nitrogens with one attached hydrogen (secondary N) is 2. The van der Waals surface area contributed by atoms with Crippen molar-refractivity contribution < 1.29 is 19.1 Å². The van der Waals surface area contributed by atoms with Crippen LogP contribution in [0, 0.1) is 5.82 Å². The Morgan fingerprint density at radius 3 is 2.40 bits per heavy atom. The Morgan fingerprint density at radius 2 is 1.72 bits per heavy atom. The first-order chi connectivity index (χ1) is 20.7. The molecule has 1 aliphatic rings. The predicted molar refractivity (Wildman–Crippen MR) is 168 cm³/mol. The van der Waals surface area contributed by atoms with Gasteiger partial charge in [0.15, 0.2) is 5.88 Å². The third-order valence-electron chi connectivity index (χ3n) is 7.93. The van der Waals surface area contributed by atoms with Crippen LogP contribution in [-0.4, -0.2) is 91.3 Å². The van der Waals surface area contributed by atoms with Crippen molar-refractivity contribution in [1.82, 2.24) is 20.1 Å². The number of aromatic amines is 1. The molecule has 0 atom stereocenters. The molecule has 4 aromatic rings. The summed E-state index contributed by atoms with van der Waals surface area (Å²) in [4.78, 5) is 38.6. The van der Waals surface area contributed by atoms with Crippen molar-refractivity contribution in [3.05, 3.63) is 89.2 Å². The first-order valence-electron chi connectivity index (χ1n) is 14.4. The molecule has 10 heteroatoms. The van der Waals surface area contributed by atoms with Gasteiger partial charge < -0.3 is 25.2 Å². The first kappa shape index (κ1) is 29.9. The molecule has 5 rings (SSSR count). The Labute approximate surface area is 250 Å². The molecular weight excluding hydrogens is 547 g/mol. The maximum Gasteiger partial charge on any atom is 0.240 e. The number of carbonyl (C=O) groups excluding carboxylic acids is 2. The molecule has 1 saturated heterocycles. The molecule has 0 saturated carbocycles. The lowest BCUT2D eigenvalue weighted by molar-refractivity contribution is -0.121. The van der Waals surface area contributed by atoms with E-state index in [-0.39, 0.29) is 17.7 Å². The Balaban J connectivity index is 1.43. The van der Waals surface area contributed by atoms with E-state index >= 15 is 0 Å². The smallest absolute Gasteiger partial charge is 0.240 e. The largest absolute Gasteiger partial charge is 0.494 e. The summed E-state index contributed by atoms with van der Waals surface area (Å²) in [5.41, 5.74) is 4.53. The summed E-state index contributed by atoms with van der Waals surface area (Å²) in [7, 11) is 5.48. The standard InChI is InChI=1S/C33H37FN6O3/c1-35-29(41)15-6-22-4-7-23(8-5-22)32(31-27-14-9-24(34)20-28(27)37-33(31)43)36-25-10-12-26(13-11-25)39(3)30(42)21-40-18-16-38(2)17-19-40/h4-5,7-14,20,37,43H,6,15-19,21H2,1-3H3,(H,35,41). The number of nitrogens with zero attached hydrogens (tertiary/aromatic N) is 4. The number of aromatic nitrogens is 1. The third kappa shape index (κ3) is 7.10. The van der Waals surface area contributed by atoms with Gasteiger partial charge in [0.2, 0.25) is 11.8 Å². The highest BCUT2D eigenvalue weighted by Crippen LogP contribution is 2.32. The van der Waals surface area contributed by atoms with Crippen LogP contribution in [0.5, 0.6) is 5.88 Å². The zero-order valence-electron chi connectivity index (χ0n) is 24.7. The minimum absolute atomic E-state index is 0.0222. The normalized spacial score (nSPS) is 14.7. The number of aryl methyl sites for hydroxylation is 1. The lowest BCUT2D eigenvalue weighted by atomic mass is 9.98. The highest BCUT2D eigenvalue weighted by atomic mass is 19.1. The molecule has 3 N–H and O–H groups in total. The molecule has 0 aliphatic carbocycles. The number of carbonyl (C=O) groups is 2. The quantitative estimate of drug-likeness (QED) is 0.258. The van der Waals surface area contributed by atoms with Gasteiger partial charge in [-0.1, -0.05) is 24.3 Å². The number of benzene rings is 3. The number of amides is 2. The minimum Gasteiger partial charge on any atom is -0.494 e. The number of fused-ring (bicyclic) bond motifs is 1. The maximum absolute atomic E-state index is 14.0. The first-order valence-corrected chi connectivity index (χ1v) is 14.4. The second kappa shape index (κ2) is 13.2. The summed E-state index contributed by atoms with van der Waals surface area (Å²) < 4.78 is 14.0. The summed E-state index contributed by atoms with van der Waals surface area (Å²) in [6, 6.07) is 19.3. The Bertz CT molecular complexity index is 1620. The Hall–Kier alpha value is -4.54. The third-order valence-corrected chi connectivity index (χ3v) is 7.93. The molecule has 2 heterocycles. The zero-order chi connectivity index (χ0) is 30.5. The van der Waals surface area contributed by atoms with Crippen LogP contribution in [0.2, 0.25) is 0 Å². The summed E-state index contributed by atoms with van der Waals surface area (Å²) in [5, 5.41) is 14.2. The van der Waals surface area contributed by atoms with Crippen molar-refractivity contribution >= 4 is 39.8 Å². The molecule has 224 valence electrons. The van der Waals surface area contributed by atoms with Gasteiger partial charge in [-0.15, -0.1) is 0 Å². The van der Waals surface area contributed by atoms with E-state index in [0.717, 1.165) is 43.0 Å². The van der Waals surface area contributed by atoms with Gasteiger partial charge in [0.05, 0.1) is 29.0 Å². The van der Waals surface area contributed by atoms with Crippen molar-refractivity contribution in [2.24, 2.45) is 4.99 Å². The second-order valence-corrected chi connectivity index (χ2v) is 10.9. The van der Waals surface area contributed by atoms with Crippen molar-refractivity contribution in [3.8, 4) is 5.88 Å². The van der Waals surface area contributed by atoms with E-state index in [0.29, 0.717) is 47.3 Å². The summed E-state index contributed by atoms with van der Waals surface area (Å²) in [5.74, 6) is -0.540. The van der Waals surface area contributed by atoms with E-state index < -0.39 is 5.82 Å². The number of aliphatic imine (C=N–C) groups is 1. The molecule has 0 bridgehead atoms. The topological polar surface area (TPSA) is 104 Å². The van der Waals surface area contributed by atoms with Gasteiger partial charge in [-0.3, -0.25) is 14.5 Å². The molecule has 2 amide bonds. The van der Waals surface area contributed by atoms with E-state index in [4.69, 9.17) is 4.99 Å². The van der Waals surface area contributed by atoms with Crippen LogP contribution >= 0.6 is 0 Å². The highest BCUT2D eigenvalue weighted by molar-refractivity contribution is 6.21. The molecule has 0 radical (unpaired) electrons. The minimum atomic E-state index is -0.416. The molecule has 1 fully saturated rings.